The van der Waals surface area contributed by atoms with Crippen LogP contribution in [0.1, 0.15) is 19.4 Å². The molecule has 1 spiro atoms. The Hall–Kier alpha value is -2.65. The Labute approximate surface area is 161 Å². The average Bonchev–Trinajstić information content (AvgIpc) is 2.56. The summed E-state index contributed by atoms with van der Waals surface area (Å²) < 4.78 is 5.70. The molecular formula is C17H19ClN4O5. The number of nitrogens with zero attached hydrogens (tertiary/aromatic N) is 1. The fourth-order valence-electron chi connectivity index (χ4n) is 4.27. The fraction of sp³-hybridized carbons (Fsp3) is 0.412. The van der Waals surface area contributed by atoms with E-state index in [9.17, 15) is 19.2 Å². The van der Waals surface area contributed by atoms with Crippen LogP contribution >= 0.6 is 12.4 Å². The van der Waals surface area contributed by atoms with Crippen molar-refractivity contribution in [3.05, 3.63) is 23.8 Å². The molecule has 3 aliphatic rings. The van der Waals surface area contributed by atoms with Crippen molar-refractivity contribution >= 4 is 47.5 Å². The molecule has 9 nitrogen and oxygen atoms in total. The first-order valence-electron chi connectivity index (χ1n) is 8.29. The van der Waals surface area contributed by atoms with Crippen molar-refractivity contribution in [3.8, 4) is 0 Å². The van der Waals surface area contributed by atoms with E-state index in [0.717, 1.165) is 0 Å². The Morgan fingerprint density at radius 2 is 1.78 bits per heavy atom. The van der Waals surface area contributed by atoms with Crippen molar-refractivity contribution in [1.29, 1.82) is 0 Å². The number of hydrogen-bond acceptors (Lipinski definition) is 6. The monoisotopic (exact) mass is 394 g/mol. The van der Waals surface area contributed by atoms with Crippen molar-refractivity contribution in [3.63, 3.8) is 0 Å². The Balaban J connectivity index is 0.00000210. The van der Waals surface area contributed by atoms with Gasteiger partial charge in [-0.25, -0.2) is 4.79 Å². The molecule has 4 N–H and O–H groups in total. The van der Waals surface area contributed by atoms with Gasteiger partial charge in [0.25, 0.3) is 5.91 Å². The van der Waals surface area contributed by atoms with Crippen LogP contribution in [0.5, 0.6) is 0 Å². The van der Waals surface area contributed by atoms with Gasteiger partial charge in [0.15, 0.2) is 5.41 Å². The van der Waals surface area contributed by atoms with E-state index in [1.165, 1.54) is 4.90 Å². The molecule has 5 amide bonds. The molecule has 0 aliphatic carbocycles. The summed E-state index contributed by atoms with van der Waals surface area (Å²) >= 11 is 0. The number of fused-ring (bicyclic) bond motifs is 4. The minimum Gasteiger partial charge on any atom is -0.399 e. The lowest BCUT2D eigenvalue weighted by molar-refractivity contribution is -0.159. The third kappa shape index (κ3) is 2.49. The summed E-state index contributed by atoms with van der Waals surface area (Å²) in [4.78, 5) is 51.6. The van der Waals surface area contributed by atoms with Crippen LogP contribution in [-0.4, -0.2) is 42.0 Å². The number of urea groups is 1. The minimum atomic E-state index is -1.68. The molecule has 3 aliphatic heterocycles. The number of nitrogens with two attached hydrogens (primary N) is 1. The molecule has 27 heavy (non-hydrogen) atoms. The summed E-state index contributed by atoms with van der Waals surface area (Å²) in [7, 11) is 0. The number of anilines is 2. The van der Waals surface area contributed by atoms with E-state index in [1.807, 2.05) is 0 Å². The van der Waals surface area contributed by atoms with Gasteiger partial charge in [0.2, 0.25) is 11.8 Å². The molecule has 2 saturated heterocycles. The van der Waals surface area contributed by atoms with Gasteiger partial charge in [0, 0.05) is 17.8 Å². The van der Waals surface area contributed by atoms with E-state index in [0.29, 0.717) is 16.9 Å². The van der Waals surface area contributed by atoms with Gasteiger partial charge in [-0.2, -0.15) is 0 Å². The highest BCUT2D eigenvalue weighted by molar-refractivity contribution is 6.21. The number of hydrogen-bond donors (Lipinski definition) is 3. The second kappa shape index (κ2) is 6.21. The lowest BCUT2D eigenvalue weighted by atomic mass is 9.66. The smallest absolute Gasteiger partial charge is 0.328 e. The highest BCUT2D eigenvalue weighted by Gasteiger charge is 2.64. The van der Waals surface area contributed by atoms with Gasteiger partial charge in [-0.05, 0) is 37.6 Å². The van der Waals surface area contributed by atoms with Crippen LogP contribution < -0.4 is 21.3 Å². The maximum atomic E-state index is 12.9. The number of ether oxygens (including phenoxy) is 1. The molecule has 1 aromatic rings. The highest BCUT2D eigenvalue weighted by Crippen LogP contribution is 2.47. The van der Waals surface area contributed by atoms with Crippen LogP contribution in [0.2, 0.25) is 0 Å². The molecular weight excluding hydrogens is 376 g/mol. The number of nitrogen functional groups attached to an aromatic ring is 1. The fourth-order valence-corrected chi connectivity index (χ4v) is 4.27. The molecule has 0 aromatic heterocycles. The van der Waals surface area contributed by atoms with Crippen molar-refractivity contribution in [1.82, 2.24) is 10.6 Å². The quantitative estimate of drug-likeness (QED) is 0.423. The number of benzene rings is 1. The van der Waals surface area contributed by atoms with Crippen LogP contribution in [0.3, 0.4) is 0 Å². The number of carbonyl (C=O) groups excluding carboxylic acids is 4. The summed E-state index contributed by atoms with van der Waals surface area (Å²) in [6.07, 6.45) is -1.31. The third-order valence-electron chi connectivity index (χ3n) is 5.33. The number of nitrogens with one attached hydrogen (secondary N) is 2. The predicted octanol–water partition coefficient (Wildman–Crippen LogP) is 0.108. The molecule has 0 radical (unpaired) electrons. The number of carbonyl (C=O) groups is 4. The third-order valence-corrected chi connectivity index (χ3v) is 5.33. The lowest BCUT2D eigenvalue weighted by Gasteiger charge is -2.54. The van der Waals surface area contributed by atoms with Gasteiger partial charge in [0.05, 0.1) is 12.1 Å². The standard InChI is InChI=1S/C17H18N4O5.ClH/c1-7-12-17(14(23)19-16(25)20-15(17)24)6-9-5-10(18)3-4-11(9)21(12)13(22)8(2)26-7;/h3-5,7-8,12H,6,18H2,1-2H3,(H2,19,20,23,24,25);1H. The van der Waals surface area contributed by atoms with Gasteiger partial charge in [-0.3, -0.25) is 25.0 Å². The molecule has 144 valence electrons. The van der Waals surface area contributed by atoms with E-state index in [-0.39, 0.29) is 24.7 Å². The number of rotatable bonds is 0. The minimum absolute atomic E-state index is 0. The van der Waals surface area contributed by atoms with E-state index >= 15 is 0 Å². The molecule has 0 bridgehead atoms. The van der Waals surface area contributed by atoms with E-state index in [4.69, 9.17) is 10.5 Å². The van der Waals surface area contributed by atoms with Crippen LogP contribution in [0.4, 0.5) is 16.2 Å². The molecule has 3 atom stereocenters. The molecule has 0 saturated carbocycles. The number of barbiturate groups is 1. The average molecular weight is 395 g/mol. The summed E-state index contributed by atoms with van der Waals surface area (Å²) in [5.74, 6) is -1.84. The Morgan fingerprint density at radius 3 is 2.41 bits per heavy atom. The Bertz CT molecular complexity index is 853. The maximum absolute atomic E-state index is 12.9. The van der Waals surface area contributed by atoms with E-state index < -0.39 is 41.5 Å². The van der Waals surface area contributed by atoms with Gasteiger partial charge >= 0.3 is 6.03 Å². The van der Waals surface area contributed by atoms with Crippen molar-refractivity contribution in [2.45, 2.75) is 38.5 Å². The molecule has 1 aromatic carbocycles. The van der Waals surface area contributed by atoms with Gasteiger partial charge < -0.3 is 15.4 Å². The topological polar surface area (TPSA) is 131 Å². The van der Waals surface area contributed by atoms with E-state index in [1.54, 1.807) is 32.0 Å². The molecule has 4 rings (SSSR count). The normalized spacial score (nSPS) is 28.7. The van der Waals surface area contributed by atoms with Crippen LogP contribution in [0, 0.1) is 5.41 Å². The Morgan fingerprint density at radius 1 is 1.15 bits per heavy atom. The Kier molecular flexibility index (Phi) is 4.40. The largest absolute Gasteiger partial charge is 0.399 e. The number of halogens is 1. The van der Waals surface area contributed by atoms with Crippen molar-refractivity contribution in [2.24, 2.45) is 5.41 Å². The zero-order chi connectivity index (χ0) is 18.8. The first kappa shape index (κ1) is 19.1. The van der Waals surface area contributed by atoms with Crippen LogP contribution in [-0.2, 0) is 25.5 Å². The first-order valence-corrected chi connectivity index (χ1v) is 8.29. The van der Waals surface area contributed by atoms with Crippen molar-refractivity contribution < 1.29 is 23.9 Å². The summed E-state index contributed by atoms with van der Waals surface area (Å²) in [5.41, 5.74) is 5.83. The summed E-state index contributed by atoms with van der Waals surface area (Å²) in [6.45, 7) is 3.33. The summed E-state index contributed by atoms with van der Waals surface area (Å²) in [6, 6.07) is 3.26. The number of morpholine rings is 1. The highest BCUT2D eigenvalue weighted by atomic mass is 35.5. The molecule has 3 heterocycles. The van der Waals surface area contributed by atoms with Crippen LogP contribution in [0.25, 0.3) is 0 Å². The second-order valence-corrected chi connectivity index (χ2v) is 6.91. The van der Waals surface area contributed by atoms with Gasteiger partial charge in [0.1, 0.15) is 6.10 Å². The van der Waals surface area contributed by atoms with Gasteiger partial charge in [-0.1, -0.05) is 0 Å². The molecule has 3 unspecified atom stereocenters. The molecule has 10 heteroatoms. The van der Waals surface area contributed by atoms with Gasteiger partial charge in [-0.15, -0.1) is 12.4 Å². The lowest BCUT2D eigenvalue weighted by Crippen LogP contribution is -2.76. The van der Waals surface area contributed by atoms with E-state index in [2.05, 4.69) is 10.6 Å². The SMILES string of the molecule is CC1OC(C)C2N(C1=O)c1ccc(N)cc1CC21C(=O)NC(=O)NC1=O.Cl. The predicted molar refractivity (Wildman–Crippen MR) is 97.2 cm³/mol. The summed E-state index contributed by atoms with van der Waals surface area (Å²) in [5, 5.41) is 4.32. The maximum Gasteiger partial charge on any atom is 0.328 e. The zero-order valence-electron chi connectivity index (χ0n) is 14.6. The second-order valence-electron chi connectivity index (χ2n) is 6.91. The van der Waals surface area contributed by atoms with Crippen LogP contribution in [0.15, 0.2) is 18.2 Å². The number of amides is 5. The zero-order valence-corrected chi connectivity index (χ0v) is 15.5. The first-order chi connectivity index (χ1) is 12.3. The van der Waals surface area contributed by atoms with Crippen molar-refractivity contribution in [2.75, 3.05) is 10.6 Å². The molecule has 2 fully saturated rings. The number of imide groups is 2.